The number of ether oxygens (including phenoxy) is 1. The van der Waals surface area contributed by atoms with Gasteiger partial charge in [0.15, 0.2) is 6.61 Å². The van der Waals surface area contributed by atoms with E-state index in [0.717, 1.165) is 22.9 Å². The van der Waals surface area contributed by atoms with Crippen molar-refractivity contribution in [3.8, 4) is 28.0 Å². The van der Waals surface area contributed by atoms with Crippen molar-refractivity contribution in [2.24, 2.45) is 14.1 Å². The number of hydrogen-bond acceptors (Lipinski definition) is 7. The first-order chi connectivity index (χ1) is 18.1. The van der Waals surface area contributed by atoms with Gasteiger partial charge in [-0.2, -0.15) is 33.3 Å². The molecule has 38 heavy (non-hydrogen) atoms. The molecule has 5 rings (SSSR count). The largest absolute Gasteiger partial charge is 0.483 e. The number of rotatable bonds is 5. The van der Waals surface area contributed by atoms with E-state index < -0.39 is 12.8 Å². The van der Waals surface area contributed by atoms with Crippen LogP contribution in [0.1, 0.15) is 0 Å². The summed E-state index contributed by atoms with van der Waals surface area (Å²) in [6, 6.07) is 8.62. The Kier molecular flexibility index (Phi) is 6.53. The van der Waals surface area contributed by atoms with Gasteiger partial charge in [0.05, 0.1) is 24.1 Å². The summed E-state index contributed by atoms with van der Waals surface area (Å²) in [5, 5.41) is 17.5. The predicted molar refractivity (Wildman–Crippen MR) is 138 cm³/mol. The summed E-state index contributed by atoms with van der Waals surface area (Å²) in [6.07, 6.45) is 5.46. The van der Waals surface area contributed by atoms with Crippen molar-refractivity contribution < 1.29 is 22.5 Å². The number of benzene rings is 1. The van der Waals surface area contributed by atoms with Gasteiger partial charge in [-0.1, -0.05) is 0 Å². The Morgan fingerprint density at radius 1 is 1.03 bits per heavy atom. The van der Waals surface area contributed by atoms with E-state index in [2.05, 4.69) is 15.2 Å². The fourth-order valence-electron chi connectivity index (χ4n) is 3.88. The molecule has 0 radical (unpaired) electrons. The Labute approximate surface area is 219 Å². The lowest BCUT2D eigenvalue weighted by Gasteiger charge is -2.15. The highest BCUT2D eigenvalue weighted by Crippen LogP contribution is 2.38. The number of hydrogen-bond donors (Lipinski definition) is 2. The number of alkyl halides is 3. The third-order valence-corrected chi connectivity index (χ3v) is 6.52. The van der Waals surface area contributed by atoms with Crippen LogP contribution in [-0.4, -0.2) is 42.5 Å². The molecule has 0 aliphatic carbocycles. The quantitative estimate of drug-likeness (QED) is 0.148. The third kappa shape index (κ3) is 5.32. The SMILES string of the molecule is Cn1cc(-c2ccc(N)[n+](C(=N)Sc3ccc4ncc(-c5cnn(C)c5)c(OCC(F)(F)F)c4c3)c2)cn1. The third-order valence-electron chi connectivity index (χ3n) is 5.64. The molecule has 0 saturated carbocycles. The molecule has 13 heteroatoms. The van der Waals surface area contributed by atoms with Crippen molar-refractivity contribution in [3.63, 3.8) is 0 Å². The number of aryl methyl sites for hydroxylation is 2. The molecule has 194 valence electrons. The Bertz CT molecular complexity index is 1660. The van der Waals surface area contributed by atoms with Crippen molar-refractivity contribution in [2.75, 3.05) is 12.3 Å². The smallest absolute Gasteiger partial charge is 0.422 e. The lowest BCUT2D eigenvalue weighted by molar-refractivity contribution is -0.534. The highest BCUT2D eigenvalue weighted by molar-refractivity contribution is 8.13. The molecule has 0 atom stereocenters. The Morgan fingerprint density at radius 2 is 1.74 bits per heavy atom. The summed E-state index contributed by atoms with van der Waals surface area (Å²) in [7, 11) is 3.52. The molecule has 0 amide bonds. The molecule has 9 nitrogen and oxygen atoms in total. The first kappa shape index (κ1) is 25.3. The predicted octanol–water partition coefficient (Wildman–Crippen LogP) is 4.42. The topological polar surface area (TPSA) is 112 Å². The van der Waals surface area contributed by atoms with Gasteiger partial charge in [0.25, 0.3) is 5.17 Å². The minimum Gasteiger partial charge on any atom is -0.483 e. The zero-order valence-electron chi connectivity index (χ0n) is 20.3. The number of anilines is 1. The molecule has 5 aromatic rings. The maximum Gasteiger partial charge on any atom is 0.422 e. The summed E-state index contributed by atoms with van der Waals surface area (Å²) in [6.45, 7) is -1.46. The van der Waals surface area contributed by atoms with Gasteiger partial charge in [-0.3, -0.25) is 14.3 Å². The number of nitrogens with two attached hydrogens (primary N) is 1. The monoisotopic (exact) mass is 539 g/mol. The average Bonchev–Trinajstić information content (AvgIpc) is 3.50. The number of nitrogen functional groups attached to an aromatic ring is 1. The number of pyridine rings is 2. The molecule has 3 N–H and O–H groups in total. The van der Waals surface area contributed by atoms with Gasteiger partial charge in [-0.15, -0.1) is 0 Å². The van der Waals surface area contributed by atoms with Crippen molar-refractivity contribution in [1.82, 2.24) is 24.5 Å². The maximum atomic E-state index is 13.1. The first-order valence-electron chi connectivity index (χ1n) is 11.3. The second kappa shape index (κ2) is 9.82. The van der Waals surface area contributed by atoms with E-state index in [1.165, 1.54) is 17.0 Å². The fraction of sp³-hybridized carbons (Fsp3) is 0.160. The molecular formula is C25H22F3N8OS+. The van der Waals surface area contributed by atoms with Gasteiger partial charge in [-0.25, -0.2) is 0 Å². The van der Waals surface area contributed by atoms with Crippen molar-refractivity contribution in [2.45, 2.75) is 11.1 Å². The number of aromatic nitrogens is 6. The molecule has 0 saturated heterocycles. The van der Waals surface area contributed by atoms with E-state index in [-0.39, 0.29) is 10.9 Å². The fourth-order valence-corrected chi connectivity index (χ4v) is 4.67. The van der Waals surface area contributed by atoms with E-state index in [0.29, 0.717) is 32.7 Å². The summed E-state index contributed by atoms with van der Waals surface area (Å²) in [5.74, 6) is 0.394. The Morgan fingerprint density at radius 3 is 2.39 bits per heavy atom. The Balaban J connectivity index is 1.52. The molecule has 0 fully saturated rings. The zero-order valence-corrected chi connectivity index (χ0v) is 21.1. The minimum atomic E-state index is -4.52. The second-order valence-electron chi connectivity index (χ2n) is 8.51. The summed E-state index contributed by atoms with van der Waals surface area (Å²) in [4.78, 5) is 5.02. The summed E-state index contributed by atoms with van der Waals surface area (Å²) < 4.78 is 49.4. The molecule has 1 aromatic carbocycles. The first-order valence-corrected chi connectivity index (χ1v) is 12.1. The highest BCUT2D eigenvalue weighted by atomic mass is 32.2. The van der Waals surface area contributed by atoms with Gasteiger partial charge in [-0.05, 0) is 36.0 Å². The summed E-state index contributed by atoms with van der Waals surface area (Å²) in [5.41, 5.74) is 9.25. The van der Waals surface area contributed by atoms with Gasteiger partial charge < -0.3 is 10.5 Å². The van der Waals surface area contributed by atoms with E-state index in [1.54, 1.807) is 59.3 Å². The average molecular weight is 540 g/mol. The molecule has 0 aliphatic rings. The van der Waals surface area contributed by atoms with Crippen LogP contribution in [-0.2, 0) is 14.1 Å². The summed E-state index contributed by atoms with van der Waals surface area (Å²) >= 11 is 1.10. The number of nitrogens with zero attached hydrogens (tertiary/aromatic N) is 6. The number of halogens is 3. The highest BCUT2D eigenvalue weighted by Gasteiger charge is 2.30. The second-order valence-corrected chi connectivity index (χ2v) is 9.57. The van der Waals surface area contributed by atoms with Gasteiger partial charge in [0.2, 0.25) is 5.82 Å². The van der Waals surface area contributed by atoms with Crippen molar-refractivity contribution >= 4 is 33.7 Å². The van der Waals surface area contributed by atoms with E-state index >= 15 is 0 Å². The molecule has 4 aromatic heterocycles. The maximum absolute atomic E-state index is 13.1. The Hall–Kier alpha value is -4.39. The van der Waals surface area contributed by atoms with Crippen molar-refractivity contribution in [1.29, 1.82) is 5.41 Å². The van der Waals surface area contributed by atoms with E-state index in [4.69, 9.17) is 15.9 Å². The van der Waals surface area contributed by atoms with Crippen LogP contribution in [0, 0.1) is 5.41 Å². The van der Waals surface area contributed by atoms with Crippen LogP contribution in [0.3, 0.4) is 0 Å². The van der Waals surface area contributed by atoms with E-state index in [9.17, 15) is 13.2 Å². The van der Waals surface area contributed by atoms with E-state index in [1.807, 2.05) is 19.3 Å². The van der Waals surface area contributed by atoms with Gasteiger partial charge in [0.1, 0.15) is 5.75 Å². The van der Waals surface area contributed by atoms with Crippen molar-refractivity contribution in [3.05, 3.63) is 67.5 Å². The lowest BCUT2D eigenvalue weighted by atomic mass is 10.1. The number of thioether (sulfide) groups is 1. The molecular weight excluding hydrogens is 517 g/mol. The molecule has 0 bridgehead atoms. The van der Waals surface area contributed by atoms with Gasteiger partial charge >= 0.3 is 6.18 Å². The number of fused-ring (bicyclic) bond motifs is 1. The van der Waals surface area contributed by atoms with Gasteiger partial charge in [0, 0.05) is 71.3 Å². The molecule has 0 unspecified atom stereocenters. The standard InChI is InChI=1S/C25H21F3N8OS/c1-34-11-16(8-32-34)15-3-6-22(29)36(13-15)24(30)38-18-4-5-21-19(7-18)23(37-14-25(26,27)28)20(10-31-21)17-9-33-35(2)12-17/h3-13,29-30H,14H2,1-2H3/p+1. The lowest BCUT2D eigenvalue weighted by Crippen LogP contribution is -2.42. The van der Waals surface area contributed by atoms with Crippen LogP contribution < -0.4 is 15.0 Å². The van der Waals surface area contributed by atoms with Crippen LogP contribution in [0.15, 0.2) is 72.4 Å². The molecule has 0 aliphatic heterocycles. The van der Waals surface area contributed by atoms with Crippen LogP contribution in [0.2, 0.25) is 0 Å². The normalized spacial score (nSPS) is 11.7. The molecule has 4 heterocycles. The molecule has 0 spiro atoms. The van der Waals surface area contributed by atoms with Crippen LogP contribution in [0.5, 0.6) is 5.75 Å². The number of nitrogens with one attached hydrogen (secondary N) is 1. The minimum absolute atomic E-state index is 0.0417. The van der Waals surface area contributed by atoms with Crippen LogP contribution in [0.4, 0.5) is 19.0 Å². The van der Waals surface area contributed by atoms with Crippen LogP contribution >= 0.6 is 11.8 Å². The van der Waals surface area contributed by atoms with Crippen LogP contribution in [0.25, 0.3) is 33.2 Å². The zero-order chi connectivity index (χ0) is 27.0.